The van der Waals surface area contributed by atoms with Crippen molar-refractivity contribution in [2.45, 2.75) is 19.8 Å². The average molecular weight is 372 g/mol. The molecule has 0 aliphatic carbocycles. The number of amides is 2. The number of nitrogens with zero attached hydrogens (tertiary/aromatic N) is 2. The van der Waals surface area contributed by atoms with Crippen LogP contribution in [-0.4, -0.2) is 60.9 Å². The Morgan fingerprint density at radius 2 is 1.96 bits per heavy atom. The molecule has 1 saturated heterocycles. The van der Waals surface area contributed by atoms with E-state index in [1.807, 2.05) is 11.8 Å². The molecule has 1 aliphatic rings. The Hall–Kier alpha value is -1.30. The Bertz CT molecular complexity index is 595. The van der Waals surface area contributed by atoms with Gasteiger partial charge in [0.15, 0.2) is 0 Å². The lowest BCUT2D eigenvalue weighted by Gasteiger charge is -2.22. The summed E-state index contributed by atoms with van der Waals surface area (Å²) in [7, 11) is 0. The zero-order valence-corrected chi connectivity index (χ0v) is 15.4. The van der Waals surface area contributed by atoms with Crippen LogP contribution in [0.15, 0.2) is 18.2 Å². The zero-order valence-electron chi connectivity index (χ0n) is 13.9. The van der Waals surface area contributed by atoms with Gasteiger partial charge in [-0.25, -0.2) is 0 Å². The summed E-state index contributed by atoms with van der Waals surface area (Å²) in [6.45, 7) is 5.79. The number of rotatable bonds is 5. The van der Waals surface area contributed by atoms with Crippen molar-refractivity contribution >= 4 is 35.0 Å². The molecule has 1 aromatic rings. The quantitative estimate of drug-likeness (QED) is 0.862. The van der Waals surface area contributed by atoms with E-state index in [4.69, 9.17) is 23.2 Å². The highest BCUT2D eigenvalue weighted by molar-refractivity contribution is 6.35. The second-order valence-electron chi connectivity index (χ2n) is 5.88. The largest absolute Gasteiger partial charge is 0.355 e. The second-order valence-corrected chi connectivity index (χ2v) is 6.72. The summed E-state index contributed by atoms with van der Waals surface area (Å²) in [4.78, 5) is 28.2. The third-order valence-corrected chi connectivity index (χ3v) is 4.63. The molecule has 0 radical (unpaired) electrons. The minimum atomic E-state index is 0.0326. The Kier molecular flexibility index (Phi) is 7.34. The summed E-state index contributed by atoms with van der Waals surface area (Å²) in [6, 6.07) is 5.19. The van der Waals surface area contributed by atoms with Gasteiger partial charge in [0.2, 0.25) is 11.8 Å². The van der Waals surface area contributed by atoms with Gasteiger partial charge >= 0.3 is 0 Å². The van der Waals surface area contributed by atoms with Gasteiger partial charge in [-0.05, 0) is 31.0 Å². The molecule has 2 rings (SSSR count). The monoisotopic (exact) mass is 371 g/mol. The van der Waals surface area contributed by atoms with Gasteiger partial charge < -0.3 is 10.2 Å². The molecule has 1 N–H and O–H groups in total. The zero-order chi connectivity index (χ0) is 17.5. The summed E-state index contributed by atoms with van der Waals surface area (Å²) in [5, 5.41) is 3.88. The Morgan fingerprint density at radius 1 is 1.17 bits per heavy atom. The summed E-state index contributed by atoms with van der Waals surface area (Å²) in [6.07, 6.45) is 1.13. The van der Waals surface area contributed by atoms with Gasteiger partial charge in [-0.2, -0.15) is 0 Å². The first kappa shape index (κ1) is 19.0. The summed E-state index contributed by atoms with van der Waals surface area (Å²) < 4.78 is 0. The van der Waals surface area contributed by atoms with E-state index in [1.165, 1.54) is 0 Å². The maximum Gasteiger partial charge on any atom is 0.234 e. The van der Waals surface area contributed by atoms with Crippen molar-refractivity contribution in [3.05, 3.63) is 33.8 Å². The first-order chi connectivity index (χ1) is 11.5. The first-order valence-corrected chi connectivity index (χ1v) is 8.96. The van der Waals surface area contributed by atoms with Crippen LogP contribution in [-0.2, 0) is 16.0 Å². The number of hydrogen-bond donors (Lipinski definition) is 1. The summed E-state index contributed by atoms with van der Waals surface area (Å²) in [5.74, 6) is 0.0873. The molecule has 132 valence electrons. The van der Waals surface area contributed by atoms with Crippen LogP contribution in [0.4, 0.5) is 0 Å². The maximum atomic E-state index is 12.5. The van der Waals surface area contributed by atoms with Crippen molar-refractivity contribution in [3.8, 4) is 0 Å². The van der Waals surface area contributed by atoms with Gasteiger partial charge in [-0.3, -0.25) is 14.5 Å². The van der Waals surface area contributed by atoms with Crippen LogP contribution >= 0.6 is 23.2 Å². The van der Waals surface area contributed by atoms with Gasteiger partial charge in [0.25, 0.3) is 0 Å². The molecule has 0 bridgehead atoms. The lowest BCUT2D eigenvalue weighted by atomic mass is 10.1. The number of carbonyl (C=O) groups excluding carboxylic acids is 2. The van der Waals surface area contributed by atoms with Gasteiger partial charge in [0.1, 0.15) is 0 Å². The molecule has 5 nitrogen and oxygen atoms in total. The van der Waals surface area contributed by atoms with E-state index in [0.29, 0.717) is 42.8 Å². The van der Waals surface area contributed by atoms with E-state index in [0.717, 1.165) is 18.5 Å². The Morgan fingerprint density at radius 3 is 2.67 bits per heavy atom. The van der Waals surface area contributed by atoms with Crippen LogP contribution in [0.25, 0.3) is 0 Å². The van der Waals surface area contributed by atoms with Gasteiger partial charge in [-0.1, -0.05) is 29.3 Å². The number of nitrogens with one attached hydrogen (secondary N) is 1. The fraction of sp³-hybridized carbons (Fsp3) is 0.529. The third-order valence-electron chi connectivity index (χ3n) is 4.04. The smallest absolute Gasteiger partial charge is 0.234 e. The van der Waals surface area contributed by atoms with Crippen LogP contribution in [0.3, 0.4) is 0 Å². The SMILES string of the molecule is CCNC(=O)CN1CCCN(C(=O)Cc2ccc(Cl)cc2Cl)CC1. The lowest BCUT2D eigenvalue weighted by Crippen LogP contribution is -2.40. The fourth-order valence-electron chi connectivity index (χ4n) is 2.77. The van der Waals surface area contributed by atoms with Crippen molar-refractivity contribution < 1.29 is 9.59 Å². The molecule has 0 atom stereocenters. The van der Waals surface area contributed by atoms with E-state index in [-0.39, 0.29) is 18.2 Å². The van der Waals surface area contributed by atoms with Crippen molar-refractivity contribution in [2.24, 2.45) is 0 Å². The lowest BCUT2D eigenvalue weighted by molar-refractivity contribution is -0.130. The molecule has 0 aromatic heterocycles. The minimum Gasteiger partial charge on any atom is -0.355 e. The molecule has 7 heteroatoms. The van der Waals surface area contributed by atoms with E-state index >= 15 is 0 Å². The van der Waals surface area contributed by atoms with Crippen molar-refractivity contribution in [3.63, 3.8) is 0 Å². The van der Waals surface area contributed by atoms with Crippen molar-refractivity contribution in [1.82, 2.24) is 15.1 Å². The predicted molar refractivity (Wildman–Crippen MR) is 96.5 cm³/mol. The normalized spacial score (nSPS) is 15.9. The highest BCUT2D eigenvalue weighted by Crippen LogP contribution is 2.22. The van der Waals surface area contributed by atoms with Gasteiger partial charge in [0, 0.05) is 42.8 Å². The highest BCUT2D eigenvalue weighted by Gasteiger charge is 2.21. The number of likely N-dealkylation sites (N-methyl/N-ethyl adjacent to an activating group) is 1. The fourth-order valence-corrected chi connectivity index (χ4v) is 3.25. The molecule has 2 amide bonds. The number of carbonyl (C=O) groups is 2. The van der Waals surface area contributed by atoms with Gasteiger partial charge in [0.05, 0.1) is 13.0 Å². The summed E-state index contributed by atoms with van der Waals surface area (Å²) in [5.41, 5.74) is 0.787. The second kappa shape index (κ2) is 9.25. The standard InChI is InChI=1S/C17H23Cl2N3O2/c1-2-20-16(23)12-21-6-3-7-22(9-8-21)17(24)10-13-4-5-14(18)11-15(13)19/h4-5,11H,2-3,6-10,12H2,1H3,(H,20,23). The topological polar surface area (TPSA) is 52.7 Å². The molecule has 1 fully saturated rings. The minimum absolute atomic E-state index is 0.0326. The van der Waals surface area contributed by atoms with Crippen LogP contribution in [0.1, 0.15) is 18.9 Å². The first-order valence-electron chi connectivity index (χ1n) is 8.20. The highest BCUT2D eigenvalue weighted by atomic mass is 35.5. The third kappa shape index (κ3) is 5.65. The van der Waals surface area contributed by atoms with Crippen LogP contribution in [0.5, 0.6) is 0 Å². The molecule has 0 unspecified atom stereocenters. The van der Waals surface area contributed by atoms with E-state index in [9.17, 15) is 9.59 Å². The Labute approximate surface area is 152 Å². The average Bonchev–Trinajstić information content (AvgIpc) is 2.76. The number of hydrogen-bond acceptors (Lipinski definition) is 3. The number of halogens is 2. The van der Waals surface area contributed by atoms with Crippen molar-refractivity contribution in [1.29, 1.82) is 0 Å². The predicted octanol–water partition coefficient (Wildman–Crippen LogP) is 2.21. The molecule has 24 heavy (non-hydrogen) atoms. The maximum absolute atomic E-state index is 12.5. The molecular weight excluding hydrogens is 349 g/mol. The van der Waals surface area contributed by atoms with E-state index in [2.05, 4.69) is 10.2 Å². The Balaban J connectivity index is 1.88. The molecule has 0 spiro atoms. The van der Waals surface area contributed by atoms with Crippen LogP contribution in [0, 0.1) is 0 Å². The summed E-state index contributed by atoms with van der Waals surface area (Å²) >= 11 is 12.0. The van der Waals surface area contributed by atoms with E-state index in [1.54, 1.807) is 18.2 Å². The molecular formula is C17H23Cl2N3O2. The van der Waals surface area contributed by atoms with Crippen LogP contribution in [0.2, 0.25) is 10.0 Å². The number of benzene rings is 1. The van der Waals surface area contributed by atoms with Gasteiger partial charge in [-0.15, -0.1) is 0 Å². The van der Waals surface area contributed by atoms with E-state index < -0.39 is 0 Å². The molecule has 1 heterocycles. The van der Waals surface area contributed by atoms with Crippen molar-refractivity contribution in [2.75, 3.05) is 39.3 Å². The molecule has 0 saturated carbocycles. The molecule has 1 aliphatic heterocycles. The molecule has 1 aromatic carbocycles. The van der Waals surface area contributed by atoms with Crippen LogP contribution < -0.4 is 5.32 Å².